The molecule has 4 rings (SSSR count). The van der Waals surface area contributed by atoms with Crippen LogP contribution >= 0.6 is 51.7 Å². The quantitative estimate of drug-likeness (QED) is 0.390. The van der Waals surface area contributed by atoms with Gasteiger partial charge in [0.25, 0.3) is 0 Å². The largest absolute Gasteiger partial charge is 0.783 e. The third kappa shape index (κ3) is 10.0. The molecule has 2 aliphatic rings. The average molecular weight is 533 g/mol. The zero-order valence-electron chi connectivity index (χ0n) is 18.3. The molecule has 0 radical (unpaired) electrons. The Labute approximate surface area is 210 Å². The van der Waals surface area contributed by atoms with E-state index in [1.807, 2.05) is 0 Å². The van der Waals surface area contributed by atoms with Crippen molar-refractivity contribution in [1.82, 2.24) is 0 Å². The molecule has 2 saturated carbocycles. The van der Waals surface area contributed by atoms with E-state index in [1.165, 1.54) is 64.2 Å². The molecule has 0 amide bonds. The van der Waals surface area contributed by atoms with Crippen LogP contribution in [0.3, 0.4) is 0 Å². The van der Waals surface area contributed by atoms with Crippen LogP contribution in [0.5, 0.6) is 0 Å². The van der Waals surface area contributed by atoms with Gasteiger partial charge >= 0.3 is 0 Å². The van der Waals surface area contributed by atoms with Gasteiger partial charge in [-0.2, -0.15) is 0 Å². The highest BCUT2D eigenvalue weighted by Gasteiger charge is 2.22. The molecule has 0 saturated heterocycles. The van der Waals surface area contributed by atoms with Crippen molar-refractivity contribution >= 4 is 51.7 Å². The summed E-state index contributed by atoms with van der Waals surface area (Å²) >= 11 is 13.2. The minimum Gasteiger partial charge on any atom is -0.783 e. The summed E-state index contributed by atoms with van der Waals surface area (Å²) in [6.45, 7) is 0. The van der Waals surface area contributed by atoms with Crippen LogP contribution in [0, 0.1) is 0 Å². The first kappa shape index (κ1) is 26.5. The van der Waals surface area contributed by atoms with Gasteiger partial charge in [0.2, 0.25) is 0 Å². The average Bonchev–Trinajstić information content (AvgIpc) is 2.79. The molecular weight excluding hydrogens is 500 g/mol. The molecule has 0 unspecified atom stereocenters. The van der Waals surface area contributed by atoms with Gasteiger partial charge in [-0.15, -0.1) is 0 Å². The van der Waals surface area contributed by atoms with E-state index in [9.17, 15) is 9.46 Å². The number of quaternary nitrogens is 1. The zero-order valence-corrected chi connectivity index (χ0v) is 22.3. The van der Waals surface area contributed by atoms with Crippen molar-refractivity contribution < 1.29 is 14.8 Å². The van der Waals surface area contributed by atoms with Crippen molar-refractivity contribution in [2.45, 2.75) is 86.1 Å². The van der Waals surface area contributed by atoms with Crippen molar-refractivity contribution in [2.75, 3.05) is 0 Å². The van der Waals surface area contributed by atoms with Gasteiger partial charge in [0.15, 0.2) is 0 Å². The van der Waals surface area contributed by atoms with Crippen LogP contribution in [0.15, 0.2) is 58.3 Å². The molecule has 0 atom stereocenters. The van der Waals surface area contributed by atoms with Gasteiger partial charge in [0.05, 0.1) is 12.1 Å². The van der Waals surface area contributed by atoms with E-state index >= 15 is 0 Å². The number of benzene rings is 2. The minimum absolute atomic E-state index is 0.579. The maximum atomic E-state index is 12.0. The van der Waals surface area contributed by atoms with E-state index in [4.69, 9.17) is 23.2 Å². The first-order valence-electron chi connectivity index (χ1n) is 11.5. The third-order valence-electron chi connectivity index (χ3n) is 5.91. The first-order chi connectivity index (χ1) is 15.4. The highest BCUT2D eigenvalue weighted by atomic mass is 35.5. The van der Waals surface area contributed by atoms with Gasteiger partial charge in [0, 0.05) is 19.8 Å². The summed E-state index contributed by atoms with van der Waals surface area (Å²) in [5, 5.41) is 3.88. The number of hydrogen-bond donors (Lipinski definition) is 1. The summed E-state index contributed by atoms with van der Waals surface area (Å²) in [6.07, 6.45) is 15.0. The first-order valence-corrected chi connectivity index (χ1v) is 16.7. The fourth-order valence-corrected chi connectivity index (χ4v) is 9.90. The van der Waals surface area contributed by atoms with Crippen LogP contribution in [0.2, 0.25) is 10.0 Å². The Morgan fingerprint density at radius 2 is 1.03 bits per heavy atom. The Balaban J connectivity index is 0.000000193. The van der Waals surface area contributed by atoms with E-state index in [-0.39, 0.29) is 0 Å². The number of rotatable bonds is 6. The number of halogens is 2. The standard InChI is InChI=1S/C12H9Cl2O2PS2.C12H23N/c13-9-1-5-11(6-2-9)18-17(15,16)19-12-7-3-10(14)4-8-12;1-3-7-11(8-4-1)13-12-9-5-2-6-10-12/h1-8H,(H,15,16);11-13H,1-10H2. The Morgan fingerprint density at radius 3 is 1.38 bits per heavy atom. The summed E-state index contributed by atoms with van der Waals surface area (Å²) in [7, 11) is 0. The second kappa shape index (κ2) is 13.7. The molecule has 0 aromatic heterocycles. The lowest BCUT2D eigenvalue weighted by Crippen LogP contribution is -2.95. The topological polar surface area (TPSA) is 56.7 Å². The van der Waals surface area contributed by atoms with E-state index in [2.05, 4.69) is 5.32 Å². The molecule has 2 fully saturated rings. The van der Waals surface area contributed by atoms with E-state index in [1.54, 1.807) is 48.5 Å². The van der Waals surface area contributed by atoms with Crippen molar-refractivity contribution in [3.05, 3.63) is 58.6 Å². The lowest BCUT2D eigenvalue weighted by molar-refractivity contribution is -0.725. The van der Waals surface area contributed by atoms with E-state index in [0.29, 0.717) is 19.8 Å². The molecule has 2 aliphatic carbocycles. The highest BCUT2D eigenvalue weighted by Crippen LogP contribution is 2.67. The molecule has 0 bridgehead atoms. The molecule has 0 spiro atoms. The van der Waals surface area contributed by atoms with Crippen molar-refractivity contribution in [1.29, 1.82) is 0 Å². The molecule has 2 N–H and O–H groups in total. The summed E-state index contributed by atoms with van der Waals surface area (Å²) in [6, 6.07) is 15.4. The SMILES string of the molecule is C1CCC([NH2+]C2CCCCC2)CC1.O=P([O-])(Sc1ccc(Cl)cc1)Sc1ccc(Cl)cc1. The van der Waals surface area contributed by atoms with Crippen molar-refractivity contribution in [3.8, 4) is 0 Å². The summed E-state index contributed by atoms with van der Waals surface area (Å²) < 4.78 is 12.0. The van der Waals surface area contributed by atoms with Gasteiger partial charge in [0.1, 0.15) is 5.77 Å². The molecule has 2 aromatic rings. The molecule has 0 heterocycles. The van der Waals surface area contributed by atoms with Gasteiger partial charge in [-0.1, -0.05) is 58.8 Å². The Morgan fingerprint density at radius 1 is 0.688 bits per heavy atom. The van der Waals surface area contributed by atoms with Crippen molar-refractivity contribution in [3.63, 3.8) is 0 Å². The molecule has 176 valence electrons. The lowest BCUT2D eigenvalue weighted by atomic mass is 9.91. The van der Waals surface area contributed by atoms with Crippen LogP contribution in [-0.2, 0) is 4.57 Å². The Hall–Kier alpha value is -0.130. The summed E-state index contributed by atoms with van der Waals surface area (Å²) in [5.74, 6) is -3.67. The van der Waals surface area contributed by atoms with Gasteiger partial charge in [-0.05, 0) is 99.9 Å². The Bertz CT molecular complexity index is 788. The van der Waals surface area contributed by atoms with Crippen LogP contribution in [-0.4, -0.2) is 12.1 Å². The highest BCUT2D eigenvalue weighted by molar-refractivity contribution is 8.88. The maximum Gasteiger partial charge on any atom is 0.132 e. The second-order valence-electron chi connectivity index (χ2n) is 8.53. The van der Waals surface area contributed by atoms with Crippen LogP contribution in [0.25, 0.3) is 0 Å². The summed E-state index contributed by atoms with van der Waals surface area (Å²) in [5.41, 5.74) is 0. The predicted molar refractivity (Wildman–Crippen MR) is 138 cm³/mol. The molecule has 32 heavy (non-hydrogen) atoms. The zero-order chi connectivity index (χ0) is 22.8. The van der Waals surface area contributed by atoms with Gasteiger partial charge < -0.3 is 14.8 Å². The van der Waals surface area contributed by atoms with Gasteiger partial charge in [-0.3, -0.25) is 0 Å². The minimum atomic E-state index is -3.67. The molecule has 3 nitrogen and oxygen atoms in total. The normalized spacial score (nSPS) is 18.1. The van der Waals surface area contributed by atoms with E-state index < -0.39 is 5.77 Å². The van der Waals surface area contributed by atoms with Crippen molar-refractivity contribution in [2.24, 2.45) is 0 Å². The molecule has 8 heteroatoms. The number of nitrogens with two attached hydrogens (primary N) is 1. The van der Waals surface area contributed by atoms with Gasteiger partial charge in [-0.25, -0.2) is 0 Å². The molecule has 2 aromatic carbocycles. The van der Waals surface area contributed by atoms with E-state index in [0.717, 1.165) is 34.8 Å². The van der Waals surface area contributed by atoms with Crippen LogP contribution in [0.4, 0.5) is 0 Å². The molecular formula is C24H32Cl2NO2PS2. The molecule has 0 aliphatic heterocycles. The number of hydrogen-bond acceptors (Lipinski definition) is 4. The van der Waals surface area contributed by atoms with Crippen LogP contribution < -0.4 is 10.2 Å². The smallest absolute Gasteiger partial charge is 0.132 e. The third-order valence-corrected chi connectivity index (χ3v) is 11.8. The van der Waals surface area contributed by atoms with Crippen LogP contribution in [0.1, 0.15) is 64.2 Å². The fraction of sp³-hybridized carbons (Fsp3) is 0.500. The Kier molecular flexibility index (Phi) is 11.3. The lowest BCUT2D eigenvalue weighted by Gasteiger charge is -2.27. The second-order valence-corrected chi connectivity index (χ2v) is 16.3. The summed E-state index contributed by atoms with van der Waals surface area (Å²) in [4.78, 5) is 13.3. The predicted octanol–water partition coefficient (Wildman–Crippen LogP) is 7.56. The fourth-order valence-electron chi connectivity index (χ4n) is 4.31. The monoisotopic (exact) mass is 531 g/mol. The maximum absolute atomic E-state index is 12.0.